The maximum atomic E-state index is 12.8. The molecule has 1 fully saturated rings. The third-order valence-corrected chi connectivity index (χ3v) is 2.28. The molecular weight excluding hydrogens is 291 g/mol. The minimum atomic E-state index is -6.61. The highest BCUT2D eigenvalue weighted by Crippen LogP contribution is 2.46. The van der Waals surface area contributed by atoms with E-state index >= 15 is 0 Å². The Labute approximate surface area is 100 Å². The molecule has 1 aliphatic rings. The van der Waals surface area contributed by atoms with Crippen LogP contribution in [0.3, 0.4) is 0 Å². The Balaban J connectivity index is 2.88. The molecule has 1 amide bonds. The van der Waals surface area contributed by atoms with Gasteiger partial charge in [0, 0.05) is 6.42 Å². The third kappa shape index (κ3) is 2.59. The summed E-state index contributed by atoms with van der Waals surface area (Å²) < 4.78 is 90.2. The van der Waals surface area contributed by atoms with Gasteiger partial charge in [0.15, 0.2) is 0 Å². The molecule has 0 saturated carbocycles. The summed E-state index contributed by atoms with van der Waals surface area (Å²) in [5.41, 5.74) is 0. The first-order chi connectivity index (χ1) is 8.41. The topological polar surface area (TPSA) is 55.4 Å². The van der Waals surface area contributed by atoms with Crippen LogP contribution >= 0.6 is 0 Å². The zero-order valence-electron chi connectivity index (χ0n) is 8.86. The first-order valence-electron chi connectivity index (χ1n) is 4.71. The lowest BCUT2D eigenvalue weighted by atomic mass is 10.1. The molecule has 1 saturated heterocycles. The fourth-order valence-electron chi connectivity index (χ4n) is 1.20. The van der Waals surface area contributed by atoms with Gasteiger partial charge in [0.05, 0.1) is 6.61 Å². The molecule has 4 nitrogen and oxygen atoms in total. The van der Waals surface area contributed by atoms with Crippen LogP contribution in [0.4, 0.5) is 30.7 Å². The number of halogens is 7. The highest BCUT2D eigenvalue weighted by Gasteiger charge is 2.76. The smallest absolute Gasteiger partial charge is 0.460 e. The Morgan fingerprint density at radius 1 is 1.16 bits per heavy atom. The molecule has 0 spiro atoms. The van der Waals surface area contributed by atoms with Gasteiger partial charge < -0.3 is 10.1 Å². The van der Waals surface area contributed by atoms with E-state index in [1.165, 1.54) is 0 Å². The minimum Gasteiger partial charge on any atom is -0.464 e. The lowest BCUT2D eigenvalue weighted by Gasteiger charge is -2.27. The Hall–Kier alpha value is -1.55. The summed E-state index contributed by atoms with van der Waals surface area (Å²) in [5.74, 6) is -16.7. The summed E-state index contributed by atoms with van der Waals surface area (Å²) in [6.45, 7) is -0.259. The minimum absolute atomic E-state index is 0.259. The number of hydrogen-bond acceptors (Lipinski definition) is 3. The summed E-state index contributed by atoms with van der Waals surface area (Å²) in [6, 6.07) is -1.66. The summed E-state index contributed by atoms with van der Waals surface area (Å²) in [7, 11) is 0. The molecule has 1 rings (SSSR count). The second kappa shape index (κ2) is 4.53. The van der Waals surface area contributed by atoms with Gasteiger partial charge in [-0.05, 0) is 0 Å². The Bertz CT molecular complexity index is 392. The molecule has 0 radical (unpaired) electrons. The van der Waals surface area contributed by atoms with Gasteiger partial charge in [0.1, 0.15) is 6.04 Å². The average molecular weight is 297 g/mol. The number of carbonyl (C=O) groups is 2. The molecular formula is C8H6F7NO3. The number of nitrogens with one attached hydrogen (secondary N) is 1. The van der Waals surface area contributed by atoms with Gasteiger partial charge in [-0.25, -0.2) is 4.79 Å². The fraction of sp³-hybridized carbons (Fsp3) is 0.750. The number of amides is 1. The van der Waals surface area contributed by atoms with Crippen molar-refractivity contribution in [2.45, 2.75) is 30.5 Å². The fourth-order valence-corrected chi connectivity index (χ4v) is 1.20. The van der Waals surface area contributed by atoms with Crippen LogP contribution < -0.4 is 5.32 Å². The van der Waals surface area contributed by atoms with Gasteiger partial charge in [0.2, 0.25) is 0 Å². The molecule has 1 heterocycles. The van der Waals surface area contributed by atoms with Crippen LogP contribution in [0.1, 0.15) is 6.42 Å². The van der Waals surface area contributed by atoms with Crippen molar-refractivity contribution in [1.29, 1.82) is 0 Å². The number of rotatable bonds is 3. The zero-order valence-corrected chi connectivity index (χ0v) is 8.86. The van der Waals surface area contributed by atoms with Crippen LogP contribution in [-0.4, -0.2) is 42.5 Å². The summed E-state index contributed by atoms with van der Waals surface area (Å²) in [6.07, 6.45) is -6.90. The van der Waals surface area contributed by atoms with E-state index in [2.05, 4.69) is 4.74 Å². The normalized spacial score (nSPS) is 21.2. The number of cyclic esters (lactones) is 1. The highest BCUT2D eigenvalue weighted by atomic mass is 19.4. The Kier molecular flexibility index (Phi) is 3.70. The first kappa shape index (κ1) is 15.5. The second-order valence-corrected chi connectivity index (χ2v) is 3.63. The van der Waals surface area contributed by atoms with Gasteiger partial charge in [-0.3, -0.25) is 4.79 Å². The largest absolute Gasteiger partial charge is 0.464 e. The number of carbonyl (C=O) groups excluding carboxylic acids is 2. The molecule has 1 aliphatic heterocycles. The standard InChI is InChI=1S/C8H6F7NO3/c9-6(10,7(11,12)8(13,14)15)5(18)16-3-1-2-19-4(3)17/h3H,1-2H2,(H,16,18). The first-order valence-corrected chi connectivity index (χ1v) is 4.71. The highest BCUT2D eigenvalue weighted by molar-refractivity contribution is 5.90. The Morgan fingerprint density at radius 3 is 2.05 bits per heavy atom. The van der Waals surface area contributed by atoms with E-state index in [0.717, 1.165) is 5.32 Å². The second-order valence-electron chi connectivity index (χ2n) is 3.63. The molecule has 0 aromatic rings. The van der Waals surface area contributed by atoms with Crippen molar-refractivity contribution in [1.82, 2.24) is 5.32 Å². The van der Waals surface area contributed by atoms with Crippen molar-refractivity contribution in [2.24, 2.45) is 0 Å². The van der Waals surface area contributed by atoms with E-state index in [0.29, 0.717) is 0 Å². The lowest BCUT2D eigenvalue weighted by molar-refractivity contribution is -0.344. The van der Waals surface area contributed by atoms with Crippen LogP contribution in [0.5, 0.6) is 0 Å². The molecule has 1 atom stereocenters. The molecule has 0 aromatic heterocycles. The predicted octanol–water partition coefficient (Wildman–Crippen LogP) is 1.25. The van der Waals surface area contributed by atoms with Gasteiger partial charge >= 0.3 is 24.0 Å². The van der Waals surface area contributed by atoms with Crippen LogP contribution in [0.15, 0.2) is 0 Å². The van der Waals surface area contributed by atoms with Crippen molar-refractivity contribution in [3.63, 3.8) is 0 Å². The van der Waals surface area contributed by atoms with E-state index < -0.39 is 35.9 Å². The van der Waals surface area contributed by atoms with Crippen LogP contribution in [0.25, 0.3) is 0 Å². The Morgan fingerprint density at radius 2 is 1.68 bits per heavy atom. The number of alkyl halides is 7. The SMILES string of the molecule is O=C1OCCC1NC(=O)C(F)(F)C(F)(F)C(F)(F)F. The molecule has 110 valence electrons. The van der Waals surface area contributed by atoms with Crippen molar-refractivity contribution in [2.75, 3.05) is 6.61 Å². The van der Waals surface area contributed by atoms with Crippen molar-refractivity contribution in [3.8, 4) is 0 Å². The van der Waals surface area contributed by atoms with E-state index in [1.54, 1.807) is 0 Å². The molecule has 0 bridgehead atoms. The predicted molar refractivity (Wildman–Crippen MR) is 43.5 cm³/mol. The molecule has 0 aromatic carbocycles. The van der Waals surface area contributed by atoms with Gasteiger partial charge in [0.25, 0.3) is 5.91 Å². The zero-order chi connectivity index (χ0) is 15.1. The van der Waals surface area contributed by atoms with Crippen LogP contribution in [-0.2, 0) is 14.3 Å². The maximum absolute atomic E-state index is 12.8. The maximum Gasteiger partial charge on any atom is 0.460 e. The van der Waals surface area contributed by atoms with E-state index in [4.69, 9.17) is 0 Å². The summed E-state index contributed by atoms with van der Waals surface area (Å²) >= 11 is 0. The van der Waals surface area contributed by atoms with Crippen LogP contribution in [0, 0.1) is 0 Å². The summed E-state index contributed by atoms with van der Waals surface area (Å²) in [4.78, 5) is 21.6. The van der Waals surface area contributed by atoms with Crippen molar-refractivity contribution >= 4 is 11.9 Å². The molecule has 11 heteroatoms. The van der Waals surface area contributed by atoms with E-state index in [-0.39, 0.29) is 13.0 Å². The van der Waals surface area contributed by atoms with Crippen LogP contribution in [0.2, 0.25) is 0 Å². The van der Waals surface area contributed by atoms with Gasteiger partial charge in [-0.15, -0.1) is 0 Å². The molecule has 1 unspecified atom stereocenters. The summed E-state index contributed by atoms with van der Waals surface area (Å²) in [5, 5.41) is 1.10. The third-order valence-electron chi connectivity index (χ3n) is 2.28. The van der Waals surface area contributed by atoms with Gasteiger partial charge in [-0.2, -0.15) is 30.7 Å². The lowest BCUT2D eigenvalue weighted by Crippen LogP contribution is -2.61. The monoisotopic (exact) mass is 297 g/mol. The average Bonchev–Trinajstić information content (AvgIpc) is 2.62. The van der Waals surface area contributed by atoms with Crippen molar-refractivity contribution in [3.05, 3.63) is 0 Å². The van der Waals surface area contributed by atoms with Crippen molar-refractivity contribution < 1.29 is 45.1 Å². The molecule has 19 heavy (non-hydrogen) atoms. The van der Waals surface area contributed by atoms with E-state index in [1.807, 2.05) is 0 Å². The molecule has 0 aliphatic carbocycles. The van der Waals surface area contributed by atoms with Gasteiger partial charge in [-0.1, -0.05) is 0 Å². The number of ether oxygens (including phenoxy) is 1. The number of esters is 1. The molecule has 1 N–H and O–H groups in total. The van der Waals surface area contributed by atoms with E-state index in [9.17, 15) is 40.3 Å². The number of hydrogen-bond donors (Lipinski definition) is 1. The quantitative estimate of drug-likeness (QED) is 0.630.